The van der Waals surface area contributed by atoms with Crippen LogP contribution in [0.5, 0.6) is 11.5 Å². The second-order valence-corrected chi connectivity index (χ2v) is 11.4. The van der Waals surface area contributed by atoms with Gasteiger partial charge in [0.2, 0.25) is 6.79 Å². The number of hydrogen-bond acceptors (Lipinski definition) is 8. The van der Waals surface area contributed by atoms with E-state index in [0.717, 1.165) is 44.1 Å². The number of ether oxygens (including phenoxy) is 2. The minimum absolute atomic E-state index is 0.0901. The maximum atomic E-state index is 13.5. The lowest BCUT2D eigenvalue weighted by Crippen LogP contribution is -2.36. The number of benzene rings is 1. The molecule has 3 aliphatic rings. The highest BCUT2D eigenvalue weighted by atomic mass is 32.2. The Balaban J connectivity index is 1.56. The lowest BCUT2D eigenvalue weighted by molar-refractivity contribution is -0.123. The van der Waals surface area contributed by atoms with Gasteiger partial charge in [0, 0.05) is 24.7 Å². The van der Waals surface area contributed by atoms with Crippen LogP contribution in [0.3, 0.4) is 0 Å². The molecule has 10 heteroatoms. The van der Waals surface area contributed by atoms with Gasteiger partial charge in [0.25, 0.3) is 11.5 Å². The highest BCUT2D eigenvalue weighted by molar-refractivity contribution is 8.26. The highest BCUT2D eigenvalue weighted by Gasteiger charge is 2.38. The largest absolute Gasteiger partial charge is 0.454 e. The third-order valence-corrected chi connectivity index (χ3v) is 8.63. The first-order chi connectivity index (χ1) is 18.4. The summed E-state index contributed by atoms with van der Waals surface area (Å²) in [5, 5.41) is 13.3. The molecular weight excluding hydrogens is 520 g/mol. The average molecular weight is 551 g/mol. The number of amides is 1. The van der Waals surface area contributed by atoms with Crippen LogP contribution in [-0.2, 0) is 17.9 Å². The van der Waals surface area contributed by atoms with Crippen molar-refractivity contribution in [1.29, 1.82) is 5.26 Å². The van der Waals surface area contributed by atoms with Crippen LogP contribution in [0.15, 0.2) is 27.9 Å². The highest BCUT2D eigenvalue weighted by Crippen LogP contribution is 2.39. The van der Waals surface area contributed by atoms with E-state index < -0.39 is 0 Å². The zero-order valence-electron chi connectivity index (χ0n) is 21.5. The average Bonchev–Trinajstić information content (AvgIpc) is 3.65. The van der Waals surface area contributed by atoms with Crippen LogP contribution >= 0.6 is 24.0 Å². The van der Waals surface area contributed by atoms with E-state index in [9.17, 15) is 14.9 Å². The zero-order valence-corrected chi connectivity index (χ0v) is 23.2. The number of unbranched alkanes of at least 4 members (excludes halogenated alkanes) is 1. The number of hydrogen-bond donors (Lipinski definition) is 1. The van der Waals surface area contributed by atoms with Crippen molar-refractivity contribution in [1.82, 2.24) is 9.47 Å². The number of nitriles is 1. The number of rotatable bonds is 8. The fourth-order valence-corrected chi connectivity index (χ4v) is 6.59. The molecule has 0 spiro atoms. The van der Waals surface area contributed by atoms with Gasteiger partial charge >= 0.3 is 0 Å². The van der Waals surface area contributed by atoms with Crippen LogP contribution in [0.2, 0.25) is 0 Å². The summed E-state index contributed by atoms with van der Waals surface area (Å²) < 4.78 is 13.1. The summed E-state index contributed by atoms with van der Waals surface area (Å²) in [5.74, 6) is 1.87. The van der Waals surface area contributed by atoms with Crippen molar-refractivity contribution in [3.05, 3.63) is 55.7 Å². The number of aromatic nitrogens is 1. The summed E-state index contributed by atoms with van der Waals surface area (Å²) >= 11 is 6.89. The quantitative estimate of drug-likeness (QED) is 0.349. The molecule has 0 unspecified atom stereocenters. The van der Waals surface area contributed by atoms with Crippen LogP contribution in [-0.4, -0.2) is 32.5 Å². The van der Waals surface area contributed by atoms with E-state index in [1.165, 1.54) is 11.8 Å². The Morgan fingerprint density at radius 1 is 1.24 bits per heavy atom. The molecule has 1 amide bonds. The van der Waals surface area contributed by atoms with Crippen molar-refractivity contribution in [3.63, 3.8) is 0 Å². The summed E-state index contributed by atoms with van der Waals surface area (Å²) in [6.45, 7) is 4.88. The van der Waals surface area contributed by atoms with E-state index in [1.807, 2.05) is 18.2 Å². The number of nitrogens with one attached hydrogen (secondary N) is 1. The molecule has 2 fully saturated rings. The Labute approximate surface area is 231 Å². The van der Waals surface area contributed by atoms with Gasteiger partial charge in [0.1, 0.15) is 21.8 Å². The van der Waals surface area contributed by atoms with E-state index in [4.69, 9.17) is 21.7 Å². The van der Waals surface area contributed by atoms with Gasteiger partial charge in [0.15, 0.2) is 11.5 Å². The molecule has 1 aromatic carbocycles. The number of thiocarbonyl (C=S) groups is 1. The summed E-state index contributed by atoms with van der Waals surface area (Å²) in [7, 11) is 0. The Kier molecular flexibility index (Phi) is 7.77. The van der Waals surface area contributed by atoms with E-state index in [2.05, 4.69) is 18.3 Å². The molecule has 1 saturated heterocycles. The smallest absolute Gasteiger partial charge is 0.270 e. The molecule has 1 N–H and O–H groups in total. The molecular formula is C28H30N4O4S2. The number of anilines is 1. The maximum Gasteiger partial charge on any atom is 0.270 e. The van der Waals surface area contributed by atoms with E-state index in [-0.39, 0.29) is 29.9 Å². The molecule has 5 rings (SSSR count). The van der Waals surface area contributed by atoms with Gasteiger partial charge < -0.3 is 14.8 Å². The first kappa shape index (κ1) is 26.3. The van der Waals surface area contributed by atoms with Crippen LogP contribution in [0.1, 0.15) is 67.7 Å². The predicted molar refractivity (Wildman–Crippen MR) is 152 cm³/mol. The Hall–Kier alpha value is -3.29. The first-order valence-corrected chi connectivity index (χ1v) is 14.2. The minimum atomic E-state index is -0.331. The third-order valence-electron chi connectivity index (χ3n) is 7.30. The molecule has 3 heterocycles. The first-order valence-electron chi connectivity index (χ1n) is 13.0. The van der Waals surface area contributed by atoms with Gasteiger partial charge in [-0.05, 0) is 55.5 Å². The predicted octanol–water partition coefficient (Wildman–Crippen LogP) is 5.31. The van der Waals surface area contributed by atoms with Crippen LogP contribution < -0.4 is 20.3 Å². The van der Waals surface area contributed by atoms with Crippen molar-refractivity contribution in [2.24, 2.45) is 0 Å². The number of carbonyl (C=O) groups is 1. The molecule has 1 saturated carbocycles. The molecule has 2 aromatic rings. The monoisotopic (exact) mass is 550 g/mol. The third kappa shape index (κ3) is 4.93. The van der Waals surface area contributed by atoms with Crippen molar-refractivity contribution < 1.29 is 14.3 Å². The lowest BCUT2D eigenvalue weighted by atomic mass is 10.0. The van der Waals surface area contributed by atoms with Gasteiger partial charge in [-0.25, -0.2) is 0 Å². The van der Waals surface area contributed by atoms with Crippen molar-refractivity contribution in [3.8, 4) is 17.6 Å². The molecule has 8 nitrogen and oxygen atoms in total. The maximum absolute atomic E-state index is 13.5. The Bertz CT molecular complexity index is 1420. The van der Waals surface area contributed by atoms with E-state index >= 15 is 0 Å². The molecule has 0 atom stereocenters. The number of thioether (sulfide) groups is 1. The lowest BCUT2D eigenvalue weighted by Gasteiger charge is -2.22. The minimum Gasteiger partial charge on any atom is -0.454 e. The molecule has 0 radical (unpaired) electrons. The summed E-state index contributed by atoms with van der Waals surface area (Å²) in [5.41, 5.74) is 1.91. The summed E-state index contributed by atoms with van der Waals surface area (Å²) in [4.78, 5) is 29.1. The van der Waals surface area contributed by atoms with E-state index in [0.29, 0.717) is 50.8 Å². The topological polar surface area (TPSA) is 96.6 Å². The molecule has 1 aliphatic carbocycles. The normalized spacial score (nSPS) is 18.0. The molecule has 2 aliphatic heterocycles. The summed E-state index contributed by atoms with van der Waals surface area (Å²) in [6, 6.07) is 7.96. The fourth-order valence-electron chi connectivity index (χ4n) is 5.21. The molecule has 0 bridgehead atoms. The van der Waals surface area contributed by atoms with Crippen molar-refractivity contribution in [2.45, 2.75) is 71.5 Å². The van der Waals surface area contributed by atoms with Gasteiger partial charge in [-0.15, -0.1) is 0 Å². The Morgan fingerprint density at radius 3 is 2.74 bits per heavy atom. The fraction of sp³-hybridized carbons (Fsp3) is 0.429. The van der Waals surface area contributed by atoms with Crippen molar-refractivity contribution >= 4 is 46.1 Å². The van der Waals surface area contributed by atoms with Crippen LogP contribution in [0, 0.1) is 18.3 Å². The molecule has 38 heavy (non-hydrogen) atoms. The number of nitrogens with zero attached hydrogens (tertiary/aromatic N) is 3. The second-order valence-electron chi connectivity index (χ2n) is 9.72. The van der Waals surface area contributed by atoms with Gasteiger partial charge in [-0.3, -0.25) is 19.1 Å². The molecule has 1 aromatic heterocycles. The van der Waals surface area contributed by atoms with Gasteiger partial charge in [-0.2, -0.15) is 5.26 Å². The van der Waals surface area contributed by atoms with E-state index in [1.54, 1.807) is 22.5 Å². The Morgan fingerprint density at radius 2 is 2.00 bits per heavy atom. The number of fused-ring (bicyclic) bond motifs is 1. The molecule has 198 valence electrons. The zero-order chi connectivity index (χ0) is 26.8. The van der Waals surface area contributed by atoms with Gasteiger partial charge in [-0.1, -0.05) is 56.2 Å². The standard InChI is InChI=1S/C28H30N4O4S2/c1-3-4-11-31-25(30-15-18-9-10-22-23(12-18)36-16-35-22)20(17(2)21(14-29)26(31)33)13-24-27(34)32(28(37)38-24)19-7-5-6-8-19/h9-10,12-13,19,30H,3-8,11,15-16H2,1-2H3/b24-13+. The van der Waals surface area contributed by atoms with Crippen LogP contribution in [0.25, 0.3) is 6.08 Å². The van der Waals surface area contributed by atoms with Gasteiger partial charge in [0.05, 0.1) is 4.91 Å². The SMILES string of the molecule is CCCCn1c(NCc2ccc3c(c2)OCO3)c(/C=C2/SC(=S)N(C3CCCC3)C2=O)c(C)c(C#N)c1=O. The number of pyridine rings is 1. The second kappa shape index (κ2) is 11.2. The summed E-state index contributed by atoms with van der Waals surface area (Å²) in [6.07, 6.45) is 7.58. The number of carbonyl (C=O) groups excluding carboxylic acids is 1. The van der Waals surface area contributed by atoms with Crippen LogP contribution in [0.4, 0.5) is 5.82 Å². The van der Waals surface area contributed by atoms with Crippen molar-refractivity contribution in [2.75, 3.05) is 12.1 Å².